The Balaban J connectivity index is 1.91. The van der Waals surface area contributed by atoms with Crippen LogP contribution in [0, 0.1) is 0 Å². The smallest absolute Gasteiger partial charge is 0.278 e. The lowest BCUT2D eigenvalue weighted by Gasteiger charge is -2.02. The number of hydrogen-bond donors (Lipinski definition) is 2. The summed E-state index contributed by atoms with van der Waals surface area (Å²) in [5.74, 6) is 1.03. The van der Waals surface area contributed by atoms with Gasteiger partial charge in [0.25, 0.3) is 5.56 Å². The number of nitrogens with one attached hydrogen (secondary N) is 2. The molecule has 8 nitrogen and oxygen atoms in total. The average Bonchev–Trinajstić information content (AvgIpc) is 2.97. The highest BCUT2D eigenvalue weighted by molar-refractivity contribution is 5.73. The molecule has 3 aromatic heterocycles. The number of aromatic amines is 1. The van der Waals surface area contributed by atoms with Crippen molar-refractivity contribution >= 4 is 17.0 Å². The van der Waals surface area contributed by atoms with Gasteiger partial charge < -0.3 is 9.73 Å². The molecule has 0 spiro atoms. The zero-order valence-corrected chi connectivity index (χ0v) is 9.54. The first-order valence-corrected chi connectivity index (χ1v) is 5.27. The summed E-state index contributed by atoms with van der Waals surface area (Å²) in [7, 11) is 1.70. The summed E-state index contributed by atoms with van der Waals surface area (Å²) in [5, 5.41) is 6.94. The number of rotatable bonds is 3. The van der Waals surface area contributed by atoms with E-state index in [0.717, 1.165) is 0 Å². The fourth-order valence-corrected chi connectivity index (χ4v) is 1.67. The Morgan fingerprint density at radius 3 is 3.17 bits per heavy atom. The predicted octanol–water partition coefficient (Wildman–Crippen LogP) is 0.257. The van der Waals surface area contributed by atoms with Gasteiger partial charge in [-0.15, -0.1) is 0 Å². The van der Waals surface area contributed by atoms with E-state index in [1.807, 2.05) is 0 Å². The number of fused-ring (bicyclic) bond motifs is 1. The third-order valence-corrected chi connectivity index (χ3v) is 2.51. The van der Waals surface area contributed by atoms with Crippen LogP contribution in [0.25, 0.3) is 11.0 Å². The van der Waals surface area contributed by atoms with Crippen LogP contribution < -0.4 is 10.9 Å². The number of hydrogen-bond acceptors (Lipinski definition) is 6. The van der Waals surface area contributed by atoms with Gasteiger partial charge in [-0.2, -0.15) is 5.10 Å². The third kappa shape index (κ3) is 1.73. The van der Waals surface area contributed by atoms with E-state index in [-0.39, 0.29) is 5.56 Å². The number of nitrogens with zero attached hydrogens (tertiary/aromatic N) is 4. The van der Waals surface area contributed by atoms with Gasteiger partial charge in [-0.25, -0.2) is 9.97 Å². The standard InChI is InChI=1S/C10H10N6O2/c1-16-8-7(4-13-16)14-10(15-9(8)17)12-3-6-2-11-5-18-6/h2,4-5H,3H2,1H3,(H2,12,14,15,17). The maximum absolute atomic E-state index is 11.8. The molecule has 3 heterocycles. The highest BCUT2D eigenvalue weighted by atomic mass is 16.3. The minimum Gasteiger partial charge on any atom is -0.447 e. The van der Waals surface area contributed by atoms with Crippen LogP contribution in [-0.2, 0) is 13.6 Å². The molecule has 0 fully saturated rings. The normalized spacial score (nSPS) is 10.9. The molecular formula is C10H10N6O2. The van der Waals surface area contributed by atoms with Gasteiger partial charge in [-0.1, -0.05) is 0 Å². The van der Waals surface area contributed by atoms with Crippen LogP contribution in [0.5, 0.6) is 0 Å². The van der Waals surface area contributed by atoms with E-state index in [1.54, 1.807) is 19.4 Å². The molecule has 92 valence electrons. The Kier molecular flexibility index (Phi) is 2.33. The first-order chi connectivity index (χ1) is 8.74. The van der Waals surface area contributed by atoms with Crippen molar-refractivity contribution in [3.63, 3.8) is 0 Å². The van der Waals surface area contributed by atoms with Gasteiger partial charge in [0, 0.05) is 7.05 Å². The Bertz CT molecular complexity index is 726. The lowest BCUT2D eigenvalue weighted by molar-refractivity contribution is 0.511. The fourth-order valence-electron chi connectivity index (χ4n) is 1.67. The Morgan fingerprint density at radius 2 is 2.39 bits per heavy atom. The molecule has 0 aliphatic carbocycles. The monoisotopic (exact) mass is 246 g/mol. The molecule has 0 saturated carbocycles. The molecule has 0 aromatic carbocycles. The highest BCUT2D eigenvalue weighted by Crippen LogP contribution is 2.07. The Hall–Kier alpha value is -2.64. The van der Waals surface area contributed by atoms with E-state index in [2.05, 4.69) is 25.4 Å². The second-order valence-electron chi connectivity index (χ2n) is 3.74. The molecule has 8 heteroatoms. The van der Waals surface area contributed by atoms with Crippen LogP contribution in [-0.4, -0.2) is 24.7 Å². The van der Waals surface area contributed by atoms with Crippen LogP contribution in [0.15, 0.2) is 28.0 Å². The van der Waals surface area contributed by atoms with Crippen molar-refractivity contribution in [3.8, 4) is 0 Å². The van der Waals surface area contributed by atoms with E-state index in [9.17, 15) is 4.79 Å². The van der Waals surface area contributed by atoms with Crippen molar-refractivity contribution in [1.82, 2.24) is 24.7 Å². The first-order valence-electron chi connectivity index (χ1n) is 5.27. The minimum atomic E-state index is -0.236. The van der Waals surface area contributed by atoms with Gasteiger partial charge in [0.2, 0.25) is 5.95 Å². The third-order valence-electron chi connectivity index (χ3n) is 2.51. The van der Waals surface area contributed by atoms with E-state index in [0.29, 0.717) is 29.3 Å². The summed E-state index contributed by atoms with van der Waals surface area (Å²) in [6.45, 7) is 0.398. The second kappa shape index (κ2) is 3.99. The van der Waals surface area contributed by atoms with Gasteiger partial charge in [-0.3, -0.25) is 14.5 Å². The van der Waals surface area contributed by atoms with Crippen molar-refractivity contribution < 1.29 is 4.42 Å². The van der Waals surface area contributed by atoms with E-state index in [4.69, 9.17) is 4.42 Å². The van der Waals surface area contributed by atoms with Crippen molar-refractivity contribution in [2.75, 3.05) is 5.32 Å². The summed E-state index contributed by atoms with van der Waals surface area (Å²) in [6, 6.07) is 0. The molecule has 0 aliphatic rings. The summed E-state index contributed by atoms with van der Waals surface area (Å²) >= 11 is 0. The molecule has 2 N–H and O–H groups in total. The lowest BCUT2D eigenvalue weighted by atomic mass is 10.4. The topological polar surface area (TPSA) is 102 Å². The largest absolute Gasteiger partial charge is 0.447 e. The molecule has 0 unspecified atom stereocenters. The first kappa shape index (κ1) is 10.5. The van der Waals surface area contributed by atoms with Crippen molar-refractivity contribution in [2.24, 2.45) is 7.05 Å². The number of oxazole rings is 1. The molecule has 3 rings (SSSR count). The van der Waals surface area contributed by atoms with Gasteiger partial charge >= 0.3 is 0 Å². The zero-order chi connectivity index (χ0) is 12.5. The summed E-state index contributed by atoms with van der Waals surface area (Å²) in [6.07, 6.45) is 4.48. The van der Waals surface area contributed by atoms with E-state index in [1.165, 1.54) is 11.1 Å². The molecule has 0 radical (unpaired) electrons. The maximum atomic E-state index is 11.8. The SMILES string of the molecule is Cn1ncc2nc(NCc3cnco3)[nH]c(=O)c21. The number of aromatic nitrogens is 5. The maximum Gasteiger partial charge on any atom is 0.278 e. The summed E-state index contributed by atoms with van der Waals surface area (Å²) < 4.78 is 6.55. The summed E-state index contributed by atoms with van der Waals surface area (Å²) in [4.78, 5) is 22.5. The number of anilines is 1. The number of aryl methyl sites for hydroxylation is 1. The van der Waals surface area contributed by atoms with Crippen LogP contribution in [0.2, 0.25) is 0 Å². The molecule has 0 saturated heterocycles. The van der Waals surface area contributed by atoms with Crippen molar-refractivity contribution in [2.45, 2.75) is 6.54 Å². The molecule has 0 bridgehead atoms. The van der Waals surface area contributed by atoms with Gasteiger partial charge in [0.15, 0.2) is 11.9 Å². The second-order valence-corrected chi connectivity index (χ2v) is 3.74. The van der Waals surface area contributed by atoms with E-state index >= 15 is 0 Å². The van der Waals surface area contributed by atoms with Crippen LogP contribution in [0.3, 0.4) is 0 Å². The predicted molar refractivity (Wildman–Crippen MR) is 63.0 cm³/mol. The van der Waals surface area contributed by atoms with Crippen LogP contribution >= 0.6 is 0 Å². The van der Waals surface area contributed by atoms with Gasteiger partial charge in [-0.05, 0) is 0 Å². The zero-order valence-electron chi connectivity index (χ0n) is 9.54. The molecule has 0 amide bonds. The average molecular weight is 246 g/mol. The highest BCUT2D eigenvalue weighted by Gasteiger charge is 2.08. The molecule has 0 atom stereocenters. The van der Waals surface area contributed by atoms with Crippen LogP contribution in [0.4, 0.5) is 5.95 Å². The lowest BCUT2D eigenvalue weighted by Crippen LogP contribution is -2.14. The molecule has 3 aromatic rings. The minimum absolute atomic E-state index is 0.236. The number of H-pyrrole nitrogens is 1. The van der Waals surface area contributed by atoms with Gasteiger partial charge in [0.1, 0.15) is 11.3 Å². The fraction of sp³-hybridized carbons (Fsp3) is 0.200. The van der Waals surface area contributed by atoms with Crippen molar-refractivity contribution in [3.05, 3.63) is 34.9 Å². The Labute approximate surface area is 101 Å². The van der Waals surface area contributed by atoms with Crippen molar-refractivity contribution in [1.29, 1.82) is 0 Å². The molecular weight excluding hydrogens is 236 g/mol. The molecule has 18 heavy (non-hydrogen) atoms. The summed E-state index contributed by atoms with van der Waals surface area (Å²) in [5.41, 5.74) is 0.751. The van der Waals surface area contributed by atoms with E-state index < -0.39 is 0 Å². The quantitative estimate of drug-likeness (QED) is 0.687. The Morgan fingerprint density at radius 1 is 1.50 bits per heavy atom. The molecule has 0 aliphatic heterocycles. The van der Waals surface area contributed by atoms with Gasteiger partial charge in [0.05, 0.1) is 18.9 Å². The van der Waals surface area contributed by atoms with Crippen LogP contribution in [0.1, 0.15) is 5.76 Å².